The van der Waals surface area contributed by atoms with Gasteiger partial charge < -0.3 is 5.11 Å². The standard InChI is InChI=1S/C4H2O2S3/c5-4(6)2-1-3(7)9-8-2/h1H,(H,5,6). The van der Waals surface area contributed by atoms with Crippen LogP contribution in [0, 0.1) is 3.82 Å². The second-order valence-electron chi connectivity index (χ2n) is 1.30. The minimum Gasteiger partial charge on any atom is -0.477 e. The van der Waals surface area contributed by atoms with Gasteiger partial charge in [0, 0.05) is 0 Å². The van der Waals surface area contributed by atoms with E-state index >= 15 is 0 Å². The van der Waals surface area contributed by atoms with Crippen LogP contribution in [0.15, 0.2) is 6.07 Å². The van der Waals surface area contributed by atoms with Crippen molar-refractivity contribution in [1.82, 2.24) is 0 Å². The molecule has 0 amide bonds. The van der Waals surface area contributed by atoms with E-state index in [4.69, 9.17) is 17.3 Å². The molecular weight excluding hydrogens is 176 g/mol. The van der Waals surface area contributed by atoms with Crippen molar-refractivity contribution in [1.29, 1.82) is 0 Å². The van der Waals surface area contributed by atoms with Gasteiger partial charge >= 0.3 is 5.97 Å². The van der Waals surface area contributed by atoms with Gasteiger partial charge in [-0.2, -0.15) is 0 Å². The molecule has 1 rings (SSSR count). The maximum atomic E-state index is 10.2. The highest BCUT2D eigenvalue weighted by Gasteiger charge is 2.02. The summed E-state index contributed by atoms with van der Waals surface area (Å²) < 4.78 is 0.636. The Morgan fingerprint density at radius 2 is 2.33 bits per heavy atom. The lowest BCUT2D eigenvalue weighted by Gasteiger charge is -1.77. The molecule has 0 aliphatic rings. The minimum absolute atomic E-state index is 0.324. The molecule has 0 unspecified atom stereocenters. The molecule has 0 aliphatic carbocycles. The number of carboxylic acids is 1. The fourth-order valence-corrected chi connectivity index (χ4v) is 2.51. The normalized spacial score (nSPS) is 9.33. The van der Waals surface area contributed by atoms with Crippen LogP contribution in [0.5, 0.6) is 0 Å². The summed E-state index contributed by atoms with van der Waals surface area (Å²) in [4.78, 5) is 10.5. The van der Waals surface area contributed by atoms with Gasteiger partial charge in [-0.05, 0) is 6.07 Å². The smallest absolute Gasteiger partial charge is 0.346 e. The summed E-state index contributed by atoms with van der Waals surface area (Å²) in [7, 11) is 2.50. The molecule has 0 aliphatic heterocycles. The van der Waals surface area contributed by atoms with Crippen molar-refractivity contribution >= 4 is 38.9 Å². The van der Waals surface area contributed by atoms with Crippen LogP contribution >= 0.6 is 32.9 Å². The van der Waals surface area contributed by atoms with Gasteiger partial charge in [-0.3, -0.25) is 0 Å². The average Bonchev–Trinajstić information content (AvgIpc) is 2.14. The molecule has 0 bridgehead atoms. The maximum absolute atomic E-state index is 10.2. The summed E-state index contributed by atoms with van der Waals surface area (Å²) in [5.41, 5.74) is 0. The summed E-state index contributed by atoms with van der Waals surface area (Å²) in [6.07, 6.45) is 0. The summed E-state index contributed by atoms with van der Waals surface area (Å²) in [5, 5.41) is 8.37. The van der Waals surface area contributed by atoms with Gasteiger partial charge in [-0.1, -0.05) is 32.9 Å². The quantitative estimate of drug-likeness (QED) is 0.529. The highest BCUT2D eigenvalue weighted by Crippen LogP contribution is 2.16. The van der Waals surface area contributed by atoms with Gasteiger partial charge in [-0.15, -0.1) is 0 Å². The summed E-state index contributed by atoms with van der Waals surface area (Å²) >= 11 is 4.72. The lowest BCUT2D eigenvalue weighted by atomic mass is 10.5. The third-order valence-corrected chi connectivity index (χ3v) is 3.52. The zero-order valence-electron chi connectivity index (χ0n) is 4.16. The first-order valence-corrected chi connectivity index (χ1v) is 4.59. The van der Waals surface area contributed by atoms with Crippen LogP contribution in [0.3, 0.4) is 0 Å². The molecule has 1 aromatic heterocycles. The van der Waals surface area contributed by atoms with Crippen molar-refractivity contribution in [3.05, 3.63) is 14.8 Å². The molecule has 1 heterocycles. The van der Waals surface area contributed by atoms with Crippen LogP contribution in [0.1, 0.15) is 9.67 Å². The van der Waals surface area contributed by atoms with Crippen molar-refractivity contribution in [2.75, 3.05) is 0 Å². The topological polar surface area (TPSA) is 37.3 Å². The average molecular weight is 178 g/mol. The van der Waals surface area contributed by atoms with Crippen LogP contribution in [0.25, 0.3) is 0 Å². The number of hydrogen-bond acceptors (Lipinski definition) is 4. The Morgan fingerprint density at radius 3 is 2.56 bits per heavy atom. The van der Waals surface area contributed by atoms with Gasteiger partial charge in [0.25, 0.3) is 0 Å². The van der Waals surface area contributed by atoms with Gasteiger partial charge in [0.1, 0.15) is 8.70 Å². The molecule has 0 atom stereocenters. The molecular formula is C4H2O2S3. The molecule has 0 saturated heterocycles. The van der Waals surface area contributed by atoms with Gasteiger partial charge in [0.05, 0.1) is 0 Å². The van der Waals surface area contributed by atoms with Crippen molar-refractivity contribution in [2.45, 2.75) is 0 Å². The lowest BCUT2D eigenvalue weighted by Crippen LogP contribution is -1.89. The monoisotopic (exact) mass is 178 g/mol. The van der Waals surface area contributed by atoms with Gasteiger partial charge in [0.2, 0.25) is 0 Å². The summed E-state index contributed by atoms with van der Waals surface area (Å²) in [6.45, 7) is 0. The molecule has 0 spiro atoms. The van der Waals surface area contributed by atoms with Crippen LogP contribution in [0.2, 0.25) is 0 Å². The SMILES string of the molecule is O=C(O)c1cc(=S)ss1. The Morgan fingerprint density at radius 1 is 1.67 bits per heavy atom. The molecule has 9 heavy (non-hydrogen) atoms. The fraction of sp³-hybridized carbons (Fsp3) is 0. The lowest BCUT2D eigenvalue weighted by molar-refractivity contribution is 0.0702. The molecule has 1 N–H and O–H groups in total. The molecule has 0 saturated carbocycles. The first-order valence-electron chi connectivity index (χ1n) is 2.03. The van der Waals surface area contributed by atoms with E-state index in [9.17, 15) is 4.79 Å². The molecule has 0 fully saturated rings. The largest absolute Gasteiger partial charge is 0.477 e. The summed E-state index contributed by atoms with van der Waals surface area (Å²) in [5.74, 6) is -0.896. The molecule has 2 nitrogen and oxygen atoms in total. The van der Waals surface area contributed by atoms with E-state index < -0.39 is 5.97 Å². The van der Waals surface area contributed by atoms with Crippen LogP contribution in [-0.4, -0.2) is 11.1 Å². The maximum Gasteiger partial charge on any atom is 0.346 e. The van der Waals surface area contributed by atoms with Gasteiger partial charge in [-0.25, -0.2) is 4.79 Å². The molecule has 1 aromatic rings. The van der Waals surface area contributed by atoms with E-state index in [0.717, 1.165) is 0 Å². The van der Waals surface area contributed by atoms with Crippen LogP contribution in [-0.2, 0) is 0 Å². The summed E-state index contributed by atoms with van der Waals surface area (Å²) in [6, 6.07) is 1.49. The van der Waals surface area contributed by atoms with Crippen LogP contribution < -0.4 is 0 Å². The van der Waals surface area contributed by atoms with E-state index in [1.807, 2.05) is 0 Å². The predicted octanol–water partition coefficient (Wildman–Crippen LogP) is 2.24. The first-order chi connectivity index (χ1) is 4.20. The van der Waals surface area contributed by atoms with E-state index in [1.165, 1.54) is 26.7 Å². The third-order valence-electron chi connectivity index (χ3n) is 0.673. The number of carbonyl (C=O) groups is 1. The highest BCUT2D eigenvalue weighted by atomic mass is 32.9. The Balaban J connectivity index is 3.12. The Labute approximate surface area is 63.8 Å². The Bertz CT molecular complexity index is 271. The minimum atomic E-state index is -0.896. The van der Waals surface area contributed by atoms with Gasteiger partial charge in [0.15, 0.2) is 0 Å². The van der Waals surface area contributed by atoms with E-state index in [1.54, 1.807) is 0 Å². The third kappa shape index (κ3) is 1.57. The number of hydrogen-bond donors (Lipinski definition) is 1. The van der Waals surface area contributed by atoms with Crippen LogP contribution in [0.4, 0.5) is 0 Å². The number of aromatic carboxylic acids is 1. The number of carboxylic acid groups (broad SMARTS) is 1. The molecule has 0 radical (unpaired) electrons. The second kappa shape index (κ2) is 2.55. The molecule has 48 valence electrons. The highest BCUT2D eigenvalue weighted by molar-refractivity contribution is 7.79. The number of rotatable bonds is 1. The Hall–Kier alpha value is -0.260. The zero-order chi connectivity index (χ0) is 6.85. The predicted molar refractivity (Wildman–Crippen MR) is 40.0 cm³/mol. The van der Waals surface area contributed by atoms with Crippen molar-refractivity contribution in [2.24, 2.45) is 0 Å². The molecule has 5 heteroatoms. The Kier molecular flexibility index (Phi) is 1.94. The van der Waals surface area contributed by atoms with Crippen molar-refractivity contribution in [3.8, 4) is 0 Å². The van der Waals surface area contributed by atoms with E-state index in [2.05, 4.69) is 0 Å². The first kappa shape index (κ1) is 6.85. The molecule has 0 aromatic carbocycles. The van der Waals surface area contributed by atoms with E-state index in [-0.39, 0.29) is 0 Å². The fourth-order valence-electron chi connectivity index (χ4n) is 0.338. The second-order valence-corrected chi connectivity index (χ2v) is 4.21. The van der Waals surface area contributed by atoms with Crippen molar-refractivity contribution < 1.29 is 9.90 Å². The van der Waals surface area contributed by atoms with E-state index in [0.29, 0.717) is 8.70 Å². The van der Waals surface area contributed by atoms with Crippen molar-refractivity contribution in [3.63, 3.8) is 0 Å². The zero-order valence-corrected chi connectivity index (χ0v) is 6.61.